The second-order valence-corrected chi connectivity index (χ2v) is 5.87. The maximum atomic E-state index is 13.6. The number of rotatable bonds is 4. The van der Waals surface area contributed by atoms with Gasteiger partial charge in [-0.2, -0.15) is 0 Å². The minimum Gasteiger partial charge on any atom is -0.481 e. The van der Waals surface area contributed by atoms with Gasteiger partial charge in [-0.3, -0.25) is 9.59 Å². The quantitative estimate of drug-likeness (QED) is 0.889. The highest BCUT2D eigenvalue weighted by molar-refractivity contribution is 5.91. The molecule has 2 N–H and O–H groups in total. The first-order valence-corrected chi connectivity index (χ1v) is 6.54. The fourth-order valence-corrected chi connectivity index (χ4v) is 2.80. The van der Waals surface area contributed by atoms with E-state index in [2.05, 4.69) is 5.32 Å². The summed E-state index contributed by atoms with van der Waals surface area (Å²) in [5.41, 5.74) is -0.156. The van der Waals surface area contributed by atoms with Gasteiger partial charge in [0.1, 0.15) is 5.82 Å². The maximum Gasteiger partial charge on any atom is 0.307 e. The molecule has 0 radical (unpaired) electrons. The van der Waals surface area contributed by atoms with Crippen molar-refractivity contribution in [1.29, 1.82) is 0 Å². The molecule has 0 bridgehead atoms. The SMILES string of the molecule is C[C@H](NC(=O)[C@H]1[C@@H](C(=O)O)C1(C)C)c1ccccc1F. The van der Waals surface area contributed by atoms with Crippen LogP contribution in [0.1, 0.15) is 32.4 Å². The normalized spacial score (nSPS) is 24.8. The average molecular weight is 279 g/mol. The number of hydrogen-bond donors (Lipinski definition) is 2. The van der Waals surface area contributed by atoms with Gasteiger partial charge < -0.3 is 10.4 Å². The lowest BCUT2D eigenvalue weighted by Crippen LogP contribution is -2.30. The molecule has 5 heteroatoms. The zero-order chi connectivity index (χ0) is 15.1. The third-order valence-corrected chi connectivity index (χ3v) is 4.11. The zero-order valence-electron chi connectivity index (χ0n) is 11.7. The van der Waals surface area contributed by atoms with Crippen molar-refractivity contribution in [3.05, 3.63) is 35.6 Å². The molecule has 0 spiro atoms. The van der Waals surface area contributed by atoms with Crippen LogP contribution in [-0.4, -0.2) is 17.0 Å². The standard InChI is InChI=1S/C15H18FNO3/c1-8(9-6-4-5-7-10(9)16)17-13(18)11-12(14(19)20)15(11,2)3/h4-8,11-12H,1-3H3,(H,17,18)(H,19,20)/t8-,11+,12-/m0/s1. The second kappa shape index (κ2) is 4.89. The van der Waals surface area contributed by atoms with Crippen molar-refractivity contribution in [2.45, 2.75) is 26.8 Å². The molecule has 0 unspecified atom stereocenters. The van der Waals surface area contributed by atoms with E-state index in [1.165, 1.54) is 6.07 Å². The summed E-state index contributed by atoms with van der Waals surface area (Å²) in [7, 11) is 0. The summed E-state index contributed by atoms with van der Waals surface area (Å²) in [4.78, 5) is 23.2. The molecule has 0 aromatic heterocycles. The lowest BCUT2D eigenvalue weighted by atomic mass is 10.1. The van der Waals surface area contributed by atoms with Gasteiger partial charge in [0, 0.05) is 5.56 Å². The van der Waals surface area contributed by atoms with Gasteiger partial charge in [-0.1, -0.05) is 32.0 Å². The average Bonchev–Trinajstić information content (AvgIpc) is 2.93. The molecule has 1 aromatic carbocycles. The van der Waals surface area contributed by atoms with Crippen LogP contribution in [0.2, 0.25) is 0 Å². The van der Waals surface area contributed by atoms with E-state index >= 15 is 0 Å². The number of carboxylic acids is 1. The molecule has 0 heterocycles. The van der Waals surface area contributed by atoms with E-state index in [9.17, 15) is 14.0 Å². The van der Waals surface area contributed by atoms with Gasteiger partial charge in [-0.25, -0.2) is 4.39 Å². The molecule has 1 saturated carbocycles. The highest BCUT2D eigenvalue weighted by atomic mass is 19.1. The van der Waals surface area contributed by atoms with Gasteiger partial charge in [0.2, 0.25) is 5.91 Å². The summed E-state index contributed by atoms with van der Waals surface area (Å²) >= 11 is 0. The van der Waals surface area contributed by atoms with Crippen molar-refractivity contribution in [1.82, 2.24) is 5.32 Å². The van der Waals surface area contributed by atoms with E-state index in [4.69, 9.17) is 5.11 Å². The summed E-state index contributed by atoms with van der Waals surface area (Å²) in [6.07, 6.45) is 0. The first kappa shape index (κ1) is 14.5. The van der Waals surface area contributed by atoms with Gasteiger partial charge in [-0.05, 0) is 18.4 Å². The van der Waals surface area contributed by atoms with E-state index in [-0.39, 0.29) is 11.7 Å². The molecule has 108 valence electrons. The molecule has 1 amide bonds. The number of nitrogens with one attached hydrogen (secondary N) is 1. The second-order valence-electron chi connectivity index (χ2n) is 5.87. The van der Waals surface area contributed by atoms with E-state index in [1.54, 1.807) is 39.0 Å². The van der Waals surface area contributed by atoms with E-state index in [1.807, 2.05) is 0 Å². The Morgan fingerprint density at radius 2 is 1.90 bits per heavy atom. The molecule has 1 fully saturated rings. The molecule has 1 aromatic rings. The van der Waals surface area contributed by atoms with Crippen LogP contribution in [0.5, 0.6) is 0 Å². The van der Waals surface area contributed by atoms with Crippen molar-refractivity contribution >= 4 is 11.9 Å². The molecule has 0 aliphatic heterocycles. The van der Waals surface area contributed by atoms with Gasteiger partial charge in [0.05, 0.1) is 17.9 Å². The Labute approximate surface area is 117 Å². The highest BCUT2D eigenvalue weighted by Crippen LogP contribution is 2.58. The zero-order valence-corrected chi connectivity index (χ0v) is 11.7. The lowest BCUT2D eigenvalue weighted by molar-refractivity contribution is -0.140. The number of carbonyl (C=O) groups is 2. The topological polar surface area (TPSA) is 66.4 Å². The summed E-state index contributed by atoms with van der Waals surface area (Å²) < 4.78 is 13.6. The number of hydrogen-bond acceptors (Lipinski definition) is 2. The largest absolute Gasteiger partial charge is 0.481 e. The molecule has 1 aliphatic carbocycles. The number of carboxylic acid groups (broad SMARTS) is 1. The Morgan fingerprint density at radius 3 is 2.40 bits per heavy atom. The first-order valence-electron chi connectivity index (χ1n) is 6.54. The van der Waals surface area contributed by atoms with Crippen molar-refractivity contribution < 1.29 is 19.1 Å². The van der Waals surface area contributed by atoms with Crippen LogP contribution in [0.15, 0.2) is 24.3 Å². The van der Waals surface area contributed by atoms with Gasteiger partial charge in [0.25, 0.3) is 0 Å². The van der Waals surface area contributed by atoms with E-state index in [0.29, 0.717) is 5.56 Å². The van der Waals surface area contributed by atoms with Crippen molar-refractivity contribution in [3.63, 3.8) is 0 Å². The van der Waals surface area contributed by atoms with Crippen molar-refractivity contribution in [2.75, 3.05) is 0 Å². The fourth-order valence-electron chi connectivity index (χ4n) is 2.80. The number of halogens is 1. The van der Waals surface area contributed by atoms with Crippen LogP contribution in [0.4, 0.5) is 4.39 Å². The Bertz CT molecular complexity index is 556. The Hall–Kier alpha value is -1.91. The first-order chi connectivity index (χ1) is 9.26. The minimum absolute atomic E-state index is 0.335. The monoisotopic (exact) mass is 279 g/mol. The number of aliphatic carboxylic acids is 1. The van der Waals surface area contributed by atoms with Gasteiger partial charge in [-0.15, -0.1) is 0 Å². The van der Waals surface area contributed by atoms with Crippen LogP contribution < -0.4 is 5.32 Å². The lowest BCUT2D eigenvalue weighted by Gasteiger charge is -2.15. The number of carbonyl (C=O) groups excluding carboxylic acids is 1. The van der Waals surface area contributed by atoms with Crippen molar-refractivity contribution in [2.24, 2.45) is 17.3 Å². The van der Waals surface area contributed by atoms with E-state index < -0.39 is 29.3 Å². The molecular weight excluding hydrogens is 261 g/mol. The van der Waals surface area contributed by atoms with Crippen LogP contribution in [0.25, 0.3) is 0 Å². The molecule has 20 heavy (non-hydrogen) atoms. The minimum atomic E-state index is -0.964. The Morgan fingerprint density at radius 1 is 1.30 bits per heavy atom. The fraction of sp³-hybridized carbons (Fsp3) is 0.467. The summed E-state index contributed by atoms with van der Waals surface area (Å²) in [6, 6.07) is 5.72. The van der Waals surface area contributed by atoms with Crippen LogP contribution in [0, 0.1) is 23.1 Å². The van der Waals surface area contributed by atoms with Crippen LogP contribution >= 0.6 is 0 Å². The maximum absolute atomic E-state index is 13.6. The highest BCUT2D eigenvalue weighted by Gasteiger charge is 2.65. The van der Waals surface area contributed by atoms with Crippen LogP contribution in [-0.2, 0) is 9.59 Å². The predicted octanol–water partition coefficient (Wildman–Crippen LogP) is 2.36. The third kappa shape index (κ3) is 2.40. The third-order valence-electron chi connectivity index (χ3n) is 4.11. The van der Waals surface area contributed by atoms with Crippen LogP contribution in [0.3, 0.4) is 0 Å². The molecule has 3 atom stereocenters. The van der Waals surface area contributed by atoms with E-state index in [0.717, 1.165) is 0 Å². The number of amides is 1. The molecule has 1 aliphatic rings. The Balaban J connectivity index is 2.07. The number of benzene rings is 1. The smallest absolute Gasteiger partial charge is 0.307 e. The van der Waals surface area contributed by atoms with Gasteiger partial charge in [0.15, 0.2) is 0 Å². The molecule has 4 nitrogen and oxygen atoms in total. The molecular formula is C15H18FNO3. The summed E-state index contributed by atoms with van der Waals surface area (Å²) in [6.45, 7) is 5.19. The van der Waals surface area contributed by atoms with Gasteiger partial charge >= 0.3 is 5.97 Å². The summed E-state index contributed by atoms with van der Waals surface area (Å²) in [5.74, 6) is -2.92. The Kier molecular flexibility index (Phi) is 3.54. The van der Waals surface area contributed by atoms with Crippen molar-refractivity contribution in [3.8, 4) is 0 Å². The molecule has 2 rings (SSSR count). The summed E-state index contributed by atoms with van der Waals surface area (Å²) in [5, 5.41) is 11.8. The predicted molar refractivity (Wildman–Crippen MR) is 71.4 cm³/mol. The molecule has 0 saturated heterocycles.